The van der Waals surface area contributed by atoms with Gasteiger partial charge in [0.25, 0.3) is 0 Å². The zero-order chi connectivity index (χ0) is 18.4. The quantitative estimate of drug-likeness (QED) is 0.662. The van der Waals surface area contributed by atoms with Crippen LogP contribution in [0.15, 0.2) is 35.6 Å². The number of hydrogen-bond acceptors (Lipinski definition) is 3. The van der Waals surface area contributed by atoms with Crippen LogP contribution in [-0.4, -0.2) is 39.7 Å². The summed E-state index contributed by atoms with van der Waals surface area (Å²) >= 11 is 0. The van der Waals surface area contributed by atoms with Crippen molar-refractivity contribution in [2.45, 2.75) is 32.7 Å². The van der Waals surface area contributed by atoms with Crippen LogP contribution < -0.4 is 5.32 Å². The van der Waals surface area contributed by atoms with Crippen LogP contribution in [0, 0.1) is 0 Å². The Labute approximate surface area is 144 Å². The van der Waals surface area contributed by atoms with Crippen LogP contribution in [0.1, 0.15) is 23.9 Å². The maximum Gasteiger partial charge on any atom is 0.416 e. The number of aryl methyl sites for hydroxylation is 1. The Morgan fingerprint density at radius 2 is 1.96 bits per heavy atom. The lowest BCUT2D eigenvalue weighted by Crippen LogP contribution is -2.38. The molecule has 25 heavy (non-hydrogen) atoms. The first kappa shape index (κ1) is 18.8. The number of aliphatic imine (C=N–C) groups is 1. The second-order valence-corrected chi connectivity index (χ2v) is 5.48. The van der Waals surface area contributed by atoms with Crippen LogP contribution in [0.4, 0.5) is 13.2 Å². The van der Waals surface area contributed by atoms with E-state index in [0.29, 0.717) is 19.0 Å². The normalized spacial score (nSPS) is 12.3. The Bertz CT molecular complexity index is 705. The largest absolute Gasteiger partial charge is 0.416 e. The molecule has 2 aromatic rings. The Balaban J connectivity index is 1.97. The Hall–Kier alpha value is -2.58. The van der Waals surface area contributed by atoms with Crippen molar-refractivity contribution < 1.29 is 13.2 Å². The molecule has 9 heteroatoms. The van der Waals surface area contributed by atoms with Crippen LogP contribution in [0.3, 0.4) is 0 Å². The zero-order valence-corrected chi connectivity index (χ0v) is 14.4. The maximum absolute atomic E-state index is 12.6. The molecule has 0 amide bonds. The van der Waals surface area contributed by atoms with Gasteiger partial charge in [0.15, 0.2) is 11.8 Å². The first-order valence-electron chi connectivity index (χ1n) is 7.79. The minimum absolute atomic E-state index is 0.429. The van der Waals surface area contributed by atoms with Crippen molar-refractivity contribution in [1.82, 2.24) is 25.0 Å². The van der Waals surface area contributed by atoms with Gasteiger partial charge in [-0.15, -0.1) is 10.2 Å². The molecule has 1 aromatic heterocycles. The van der Waals surface area contributed by atoms with E-state index in [2.05, 4.69) is 20.5 Å². The molecular formula is C16H21F3N6. The highest BCUT2D eigenvalue weighted by atomic mass is 19.4. The van der Waals surface area contributed by atoms with Gasteiger partial charge >= 0.3 is 6.18 Å². The minimum atomic E-state index is -4.32. The Morgan fingerprint density at radius 1 is 1.28 bits per heavy atom. The van der Waals surface area contributed by atoms with Gasteiger partial charge in [0.05, 0.1) is 12.1 Å². The summed E-state index contributed by atoms with van der Waals surface area (Å²) in [5.41, 5.74) is 0.107. The Morgan fingerprint density at radius 3 is 2.52 bits per heavy atom. The number of nitrogens with one attached hydrogen (secondary N) is 1. The van der Waals surface area contributed by atoms with E-state index in [0.717, 1.165) is 30.1 Å². The molecule has 0 unspecified atom stereocenters. The first-order chi connectivity index (χ1) is 11.8. The summed E-state index contributed by atoms with van der Waals surface area (Å²) in [5, 5.41) is 11.1. The van der Waals surface area contributed by atoms with Crippen molar-refractivity contribution in [2.75, 3.05) is 14.1 Å². The van der Waals surface area contributed by atoms with Crippen LogP contribution in [0.5, 0.6) is 0 Å². The van der Waals surface area contributed by atoms with Crippen molar-refractivity contribution in [3.63, 3.8) is 0 Å². The summed E-state index contributed by atoms with van der Waals surface area (Å²) in [6, 6.07) is 5.12. The molecule has 0 fully saturated rings. The topological polar surface area (TPSA) is 58.3 Å². The molecule has 1 aromatic carbocycles. The van der Waals surface area contributed by atoms with Gasteiger partial charge in [-0.3, -0.25) is 4.99 Å². The molecule has 1 heterocycles. The third kappa shape index (κ3) is 4.94. The van der Waals surface area contributed by atoms with E-state index in [1.807, 2.05) is 23.4 Å². The highest BCUT2D eigenvalue weighted by Crippen LogP contribution is 2.29. The molecule has 0 saturated heterocycles. The summed E-state index contributed by atoms with van der Waals surface area (Å²) in [4.78, 5) is 6.02. The van der Waals surface area contributed by atoms with Crippen LogP contribution in [0.25, 0.3) is 0 Å². The third-order valence-electron chi connectivity index (χ3n) is 3.72. The lowest BCUT2D eigenvalue weighted by molar-refractivity contribution is -0.137. The van der Waals surface area contributed by atoms with E-state index < -0.39 is 11.7 Å². The molecule has 0 aliphatic carbocycles. The second kappa shape index (κ2) is 8.00. The summed E-state index contributed by atoms with van der Waals surface area (Å²) in [6.07, 6.45) is -2.66. The SMILES string of the molecule is CCn1cnnc1CNC(=NC)N(C)Cc1ccc(C(F)(F)F)cc1. The second-order valence-electron chi connectivity index (χ2n) is 5.48. The van der Waals surface area contributed by atoms with E-state index >= 15 is 0 Å². The molecule has 6 nitrogen and oxygen atoms in total. The summed E-state index contributed by atoms with van der Waals surface area (Å²) in [6.45, 7) is 3.65. The number of aromatic nitrogens is 3. The minimum Gasteiger partial charge on any atom is -0.349 e. The van der Waals surface area contributed by atoms with Crippen molar-refractivity contribution in [3.8, 4) is 0 Å². The molecular weight excluding hydrogens is 333 g/mol. The average Bonchev–Trinajstić information content (AvgIpc) is 3.02. The third-order valence-corrected chi connectivity index (χ3v) is 3.72. The van der Waals surface area contributed by atoms with Crippen molar-refractivity contribution in [3.05, 3.63) is 47.5 Å². The number of alkyl halides is 3. The molecule has 0 atom stereocenters. The van der Waals surface area contributed by atoms with Gasteiger partial charge in [0.2, 0.25) is 0 Å². The Kier molecular flexibility index (Phi) is 6.00. The van der Waals surface area contributed by atoms with Crippen molar-refractivity contribution >= 4 is 5.96 Å². The van der Waals surface area contributed by atoms with E-state index in [1.165, 1.54) is 12.1 Å². The van der Waals surface area contributed by atoms with Gasteiger partial charge in [0.1, 0.15) is 6.33 Å². The van der Waals surface area contributed by atoms with Crippen LogP contribution in [-0.2, 0) is 25.8 Å². The molecule has 0 aliphatic rings. The predicted molar refractivity (Wildman–Crippen MR) is 88.8 cm³/mol. The monoisotopic (exact) mass is 354 g/mol. The van der Waals surface area contributed by atoms with Gasteiger partial charge in [0, 0.05) is 27.2 Å². The highest BCUT2D eigenvalue weighted by molar-refractivity contribution is 5.79. The van der Waals surface area contributed by atoms with Crippen molar-refractivity contribution in [2.24, 2.45) is 4.99 Å². The molecule has 0 radical (unpaired) electrons. The standard InChI is InChI=1S/C16H21F3N6/c1-4-25-11-22-23-14(25)9-21-15(20-2)24(3)10-12-5-7-13(8-6-12)16(17,18)19/h5-8,11H,4,9-10H2,1-3H3,(H,20,21). The zero-order valence-electron chi connectivity index (χ0n) is 14.4. The lowest BCUT2D eigenvalue weighted by atomic mass is 10.1. The maximum atomic E-state index is 12.6. The number of guanidine groups is 1. The smallest absolute Gasteiger partial charge is 0.349 e. The van der Waals surface area contributed by atoms with Gasteiger partial charge in [-0.2, -0.15) is 13.2 Å². The molecule has 1 N–H and O–H groups in total. The average molecular weight is 354 g/mol. The van der Waals surface area contributed by atoms with Crippen LogP contribution >= 0.6 is 0 Å². The van der Waals surface area contributed by atoms with Gasteiger partial charge in [-0.25, -0.2) is 0 Å². The number of rotatable bonds is 5. The fourth-order valence-electron chi connectivity index (χ4n) is 2.37. The molecule has 0 spiro atoms. The summed E-state index contributed by atoms with van der Waals surface area (Å²) in [7, 11) is 3.47. The first-order valence-corrected chi connectivity index (χ1v) is 7.79. The fourth-order valence-corrected chi connectivity index (χ4v) is 2.37. The number of hydrogen-bond donors (Lipinski definition) is 1. The van der Waals surface area contributed by atoms with E-state index in [1.54, 1.807) is 13.4 Å². The van der Waals surface area contributed by atoms with E-state index in [-0.39, 0.29) is 0 Å². The fraction of sp³-hybridized carbons (Fsp3) is 0.438. The number of nitrogens with zero attached hydrogens (tertiary/aromatic N) is 5. The van der Waals surface area contributed by atoms with Gasteiger partial charge in [-0.1, -0.05) is 12.1 Å². The van der Waals surface area contributed by atoms with Crippen LogP contribution in [0.2, 0.25) is 0 Å². The number of benzene rings is 1. The molecule has 0 bridgehead atoms. The number of halogens is 3. The highest BCUT2D eigenvalue weighted by Gasteiger charge is 2.29. The summed E-state index contributed by atoms with van der Waals surface area (Å²) in [5.74, 6) is 1.40. The molecule has 0 saturated carbocycles. The van der Waals surface area contributed by atoms with E-state index in [4.69, 9.17) is 0 Å². The van der Waals surface area contributed by atoms with E-state index in [9.17, 15) is 13.2 Å². The van der Waals surface area contributed by atoms with Gasteiger partial charge < -0.3 is 14.8 Å². The lowest BCUT2D eigenvalue weighted by Gasteiger charge is -2.22. The van der Waals surface area contributed by atoms with Crippen molar-refractivity contribution in [1.29, 1.82) is 0 Å². The predicted octanol–water partition coefficient (Wildman–Crippen LogP) is 2.52. The molecule has 0 aliphatic heterocycles. The molecule has 136 valence electrons. The molecule has 2 rings (SSSR count). The van der Waals surface area contributed by atoms with Gasteiger partial charge in [-0.05, 0) is 24.6 Å². The summed E-state index contributed by atoms with van der Waals surface area (Å²) < 4.78 is 39.7.